The molecule has 4 unspecified atom stereocenters. The highest BCUT2D eigenvalue weighted by Gasteiger charge is 2.48. The predicted octanol–water partition coefficient (Wildman–Crippen LogP) is 1.88. The first kappa shape index (κ1) is 16.4. The lowest BCUT2D eigenvalue weighted by molar-refractivity contribution is -0.141. The molecule has 2 amide bonds. The summed E-state index contributed by atoms with van der Waals surface area (Å²) in [5, 5.41) is 12.5. The Bertz CT molecular complexity index is 651. The van der Waals surface area contributed by atoms with Crippen LogP contribution in [0.4, 0.5) is 4.79 Å². The number of likely N-dealkylation sites (tertiary alicyclic amines) is 1. The van der Waals surface area contributed by atoms with Gasteiger partial charge in [0, 0.05) is 31.6 Å². The quantitative estimate of drug-likeness (QED) is 0.860. The van der Waals surface area contributed by atoms with Crippen LogP contribution in [0.1, 0.15) is 37.2 Å². The highest BCUT2D eigenvalue weighted by molar-refractivity contribution is 5.80. The predicted molar refractivity (Wildman–Crippen MR) is 93.5 cm³/mol. The number of benzene rings is 1. The van der Waals surface area contributed by atoms with E-state index in [1.165, 1.54) is 5.56 Å². The van der Waals surface area contributed by atoms with E-state index in [4.69, 9.17) is 0 Å². The Kier molecular flexibility index (Phi) is 4.37. The second-order valence-electron chi connectivity index (χ2n) is 7.41. The van der Waals surface area contributed by atoms with E-state index in [1.54, 1.807) is 0 Å². The third-order valence-electron chi connectivity index (χ3n) is 5.95. The van der Waals surface area contributed by atoms with Gasteiger partial charge in [0.05, 0.1) is 6.04 Å². The molecule has 0 aromatic heterocycles. The third kappa shape index (κ3) is 2.99. The van der Waals surface area contributed by atoms with Crippen molar-refractivity contribution in [3.05, 3.63) is 35.9 Å². The van der Waals surface area contributed by atoms with Crippen molar-refractivity contribution in [1.82, 2.24) is 15.1 Å². The maximum atomic E-state index is 13.2. The number of piperazine rings is 1. The molecule has 0 spiro atoms. The Balaban J connectivity index is 1.50. The van der Waals surface area contributed by atoms with Crippen LogP contribution in [-0.2, 0) is 4.79 Å². The molecule has 4 atom stereocenters. The standard InChI is InChI=1S/C19H25N3O3/c23-18(24)17-16-9-8-15(11-20-17)22(16)19(25)21-10-4-7-14(12-21)13-5-2-1-3-6-13/h1-3,5-6,14-17,20H,4,7-12H2,(H,23,24). The highest BCUT2D eigenvalue weighted by atomic mass is 16.4. The number of amides is 2. The molecule has 1 aromatic rings. The zero-order valence-electron chi connectivity index (χ0n) is 14.3. The molecule has 0 saturated carbocycles. The molecule has 3 aliphatic rings. The van der Waals surface area contributed by atoms with Crippen molar-refractivity contribution in [3.8, 4) is 0 Å². The van der Waals surface area contributed by atoms with Crippen molar-refractivity contribution in [2.24, 2.45) is 0 Å². The Morgan fingerprint density at radius 3 is 2.68 bits per heavy atom. The van der Waals surface area contributed by atoms with E-state index >= 15 is 0 Å². The number of hydrogen-bond acceptors (Lipinski definition) is 3. The minimum Gasteiger partial charge on any atom is -0.480 e. The van der Waals surface area contributed by atoms with Crippen molar-refractivity contribution >= 4 is 12.0 Å². The summed E-state index contributed by atoms with van der Waals surface area (Å²) in [5.41, 5.74) is 1.28. The molecule has 6 nitrogen and oxygen atoms in total. The van der Waals surface area contributed by atoms with Crippen molar-refractivity contribution < 1.29 is 14.7 Å². The highest BCUT2D eigenvalue weighted by Crippen LogP contribution is 2.33. The maximum absolute atomic E-state index is 13.2. The smallest absolute Gasteiger partial charge is 0.322 e. The molecule has 3 heterocycles. The summed E-state index contributed by atoms with van der Waals surface area (Å²) in [6, 6.07) is 9.67. The number of carboxylic acids is 1. The van der Waals surface area contributed by atoms with Gasteiger partial charge < -0.3 is 20.2 Å². The summed E-state index contributed by atoms with van der Waals surface area (Å²) in [6.07, 6.45) is 3.76. The van der Waals surface area contributed by atoms with Crippen LogP contribution in [0.25, 0.3) is 0 Å². The second-order valence-corrected chi connectivity index (χ2v) is 7.41. The first-order valence-corrected chi connectivity index (χ1v) is 9.23. The Labute approximate surface area is 147 Å². The van der Waals surface area contributed by atoms with Gasteiger partial charge in [0.15, 0.2) is 0 Å². The summed E-state index contributed by atoms with van der Waals surface area (Å²) in [7, 11) is 0. The van der Waals surface area contributed by atoms with E-state index in [0.717, 1.165) is 38.8 Å². The normalized spacial score (nSPS) is 31.8. The number of nitrogens with zero attached hydrogens (tertiary/aromatic N) is 2. The van der Waals surface area contributed by atoms with Gasteiger partial charge in [0.1, 0.15) is 6.04 Å². The lowest BCUT2D eigenvalue weighted by Gasteiger charge is -2.43. The molecule has 2 bridgehead atoms. The van der Waals surface area contributed by atoms with Crippen LogP contribution in [-0.4, -0.2) is 64.7 Å². The van der Waals surface area contributed by atoms with Gasteiger partial charge in [0.2, 0.25) is 0 Å². The van der Waals surface area contributed by atoms with Crippen LogP contribution in [0.2, 0.25) is 0 Å². The molecule has 25 heavy (non-hydrogen) atoms. The van der Waals surface area contributed by atoms with Crippen LogP contribution >= 0.6 is 0 Å². The van der Waals surface area contributed by atoms with Gasteiger partial charge in [-0.25, -0.2) is 4.79 Å². The number of fused-ring (bicyclic) bond motifs is 2. The molecule has 2 N–H and O–H groups in total. The SMILES string of the molecule is O=C(O)C1NCC2CCC1N2C(=O)N1CCCC(c2ccccc2)C1. The van der Waals surface area contributed by atoms with E-state index in [9.17, 15) is 14.7 Å². The minimum atomic E-state index is -0.857. The fourth-order valence-corrected chi connectivity index (χ4v) is 4.70. The van der Waals surface area contributed by atoms with E-state index in [-0.39, 0.29) is 18.1 Å². The van der Waals surface area contributed by atoms with Gasteiger partial charge >= 0.3 is 12.0 Å². The van der Waals surface area contributed by atoms with Gasteiger partial charge in [-0.1, -0.05) is 30.3 Å². The van der Waals surface area contributed by atoms with Gasteiger partial charge in [-0.2, -0.15) is 0 Å². The molecule has 1 aromatic carbocycles. The molecule has 3 aliphatic heterocycles. The van der Waals surface area contributed by atoms with E-state index in [0.29, 0.717) is 12.5 Å². The first-order chi connectivity index (χ1) is 12.1. The molecule has 134 valence electrons. The fourth-order valence-electron chi connectivity index (χ4n) is 4.70. The van der Waals surface area contributed by atoms with Crippen molar-refractivity contribution in [2.45, 2.75) is 49.7 Å². The summed E-state index contributed by atoms with van der Waals surface area (Å²) in [6.45, 7) is 2.07. The minimum absolute atomic E-state index is 0.0286. The summed E-state index contributed by atoms with van der Waals surface area (Å²) in [4.78, 5) is 28.5. The summed E-state index contributed by atoms with van der Waals surface area (Å²) < 4.78 is 0. The molecule has 0 radical (unpaired) electrons. The summed E-state index contributed by atoms with van der Waals surface area (Å²) in [5.74, 6) is -0.487. The average Bonchev–Trinajstić information content (AvgIpc) is 2.94. The Hall–Kier alpha value is -2.08. The number of carbonyl (C=O) groups excluding carboxylic acids is 1. The lowest BCUT2D eigenvalue weighted by Crippen LogP contribution is -2.64. The van der Waals surface area contributed by atoms with Crippen LogP contribution in [0.3, 0.4) is 0 Å². The Morgan fingerprint density at radius 2 is 1.92 bits per heavy atom. The largest absolute Gasteiger partial charge is 0.480 e. The maximum Gasteiger partial charge on any atom is 0.322 e. The lowest BCUT2D eigenvalue weighted by atomic mass is 9.91. The van der Waals surface area contributed by atoms with Crippen molar-refractivity contribution in [1.29, 1.82) is 0 Å². The number of carboxylic acid groups (broad SMARTS) is 1. The van der Waals surface area contributed by atoms with Gasteiger partial charge in [-0.15, -0.1) is 0 Å². The van der Waals surface area contributed by atoms with Crippen LogP contribution < -0.4 is 5.32 Å². The molecule has 3 saturated heterocycles. The number of piperidine rings is 1. The number of urea groups is 1. The molecule has 4 rings (SSSR count). The number of carbonyl (C=O) groups is 2. The zero-order chi connectivity index (χ0) is 17.4. The second kappa shape index (κ2) is 6.67. The monoisotopic (exact) mass is 343 g/mol. The molecule has 0 aliphatic carbocycles. The van der Waals surface area contributed by atoms with Gasteiger partial charge in [-0.05, 0) is 31.2 Å². The molecule has 3 fully saturated rings. The van der Waals surface area contributed by atoms with Crippen LogP contribution in [0, 0.1) is 0 Å². The van der Waals surface area contributed by atoms with Gasteiger partial charge in [0.25, 0.3) is 0 Å². The third-order valence-corrected chi connectivity index (χ3v) is 5.95. The number of rotatable bonds is 2. The molecule has 6 heteroatoms. The number of aliphatic carboxylic acids is 1. The van der Waals surface area contributed by atoms with E-state index < -0.39 is 12.0 Å². The van der Waals surface area contributed by atoms with E-state index in [2.05, 4.69) is 17.4 Å². The van der Waals surface area contributed by atoms with Crippen molar-refractivity contribution in [2.75, 3.05) is 19.6 Å². The zero-order valence-corrected chi connectivity index (χ0v) is 14.3. The molecular formula is C19H25N3O3. The topological polar surface area (TPSA) is 72.9 Å². The number of hydrogen-bond donors (Lipinski definition) is 2. The summed E-state index contributed by atoms with van der Waals surface area (Å²) >= 11 is 0. The van der Waals surface area contributed by atoms with Crippen LogP contribution in [0.5, 0.6) is 0 Å². The first-order valence-electron chi connectivity index (χ1n) is 9.23. The van der Waals surface area contributed by atoms with Crippen molar-refractivity contribution in [3.63, 3.8) is 0 Å². The van der Waals surface area contributed by atoms with Crippen LogP contribution in [0.15, 0.2) is 30.3 Å². The van der Waals surface area contributed by atoms with Gasteiger partial charge in [-0.3, -0.25) is 4.79 Å². The Morgan fingerprint density at radius 1 is 1.12 bits per heavy atom. The van der Waals surface area contributed by atoms with E-state index in [1.807, 2.05) is 28.0 Å². The average molecular weight is 343 g/mol. The molecular weight excluding hydrogens is 318 g/mol. The fraction of sp³-hybridized carbons (Fsp3) is 0.579. The number of nitrogens with one attached hydrogen (secondary N) is 1.